The Hall–Kier alpha value is -3.02. The highest BCUT2D eigenvalue weighted by molar-refractivity contribution is 5.88. The number of methoxy groups -OCH3 is 1. The van der Waals surface area contributed by atoms with Crippen molar-refractivity contribution >= 4 is 11.8 Å². The minimum absolute atomic E-state index is 0.138. The van der Waals surface area contributed by atoms with Crippen molar-refractivity contribution in [3.63, 3.8) is 0 Å². The van der Waals surface area contributed by atoms with Gasteiger partial charge in [0.1, 0.15) is 17.5 Å². The fourth-order valence-corrected chi connectivity index (χ4v) is 3.24. The lowest BCUT2D eigenvalue weighted by molar-refractivity contribution is -0.143. The second kappa shape index (κ2) is 12.0. The maximum atomic E-state index is 13.2. The van der Waals surface area contributed by atoms with Crippen molar-refractivity contribution in [2.45, 2.75) is 46.7 Å². The lowest BCUT2D eigenvalue weighted by Crippen LogP contribution is -2.50. The molecule has 0 bridgehead atoms. The van der Waals surface area contributed by atoms with Gasteiger partial charge >= 0.3 is 0 Å². The van der Waals surface area contributed by atoms with Crippen LogP contribution in [0.2, 0.25) is 0 Å². The molecule has 168 valence electrons. The Kier molecular flexibility index (Phi) is 9.38. The van der Waals surface area contributed by atoms with Crippen LogP contribution in [0.3, 0.4) is 0 Å². The van der Waals surface area contributed by atoms with Crippen LogP contribution < -0.4 is 14.8 Å². The zero-order valence-electron chi connectivity index (χ0n) is 19.2. The highest BCUT2D eigenvalue weighted by Gasteiger charge is 2.29. The first-order chi connectivity index (χ1) is 14.8. The van der Waals surface area contributed by atoms with E-state index >= 15 is 0 Å². The van der Waals surface area contributed by atoms with Gasteiger partial charge in [-0.05, 0) is 54.7 Å². The van der Waals surface area contributed by atoms with E-state index in [1.807, 2.05) is 76.2 Å². The van der Waals surface area contributed by atoms with E-state index in [1.54, 1.807) is 12.0 Å². The fraction of sp³-hybridized carbons (Fsp3) is 0.440. The van der Waals surface area contributed by atoms with Crippen molar-refractivity contribution in [1.29, 1.82) is 0 Å². The molecule has 0 aliphatic rings. The van der Waals surface area contributed by atoms with Gasteiger partial charge in [0.05, 0.1) is 7.11 Å². The van der Waals surface area contributed by atoms with E-state index in [9.17, 15) is 9.59 Å². The molecule has 0 radical (unpaired) electrons. The number of aryl methyl sites for hydroxylation is 1. The molecule has 0 aromatic heterocycles. The summed E-state index contributed by atoms with van der Waals surface area (Å²) in [5.41, 5.74) is 1.94. The van der Waals surface area contributed by atoms with E-state index in [-0.39, 0.29) is 18.4 Å². The lowest BCUT2D eigenvalue weighted by Gasteiger charge is -2.31. The summed E-state index contributed by atoms with van der Waals surface area (Å²) in [6.45, 7) is 8.67. The second-order valence-corrected chi connectivity index (χ2v) is 8.04. The maximum Gasteiger partial charge on any atom is 0.261 e. The third kappa shape index (κ3) is 7.63. The summed E-state index contributed by atoms with van der Waals surface area (Å²) in [5, 5.41) is 2.96. The Morgan fingerprint density at radius 2 is 1.77 bits per heavy atom. The van der Waals surface area contributed by atoms with Crippen molar-refractivity contribution in [2.24, 2.45) is 5.92 Å². The molecular weight excluding hydrogens is 392 g/mol. The summed E-state index contributed by atoms with van der Waals surface area (Å²) in [6.07, 6.45) is 0.504. The molecule has 0 saturated heterocycles. The van der Waals surface area contributed by atoms with Crippen LogP contribution in [0.15, 0.2) is 48.5 Å². The monoisotopic (exact) mass is 426 g/mol. The summed E-state index contributed by atoms with van der Waals surface area (Å²) in [6, 6.07) is 14.5. The number of ether oxygens (including phenoxy) is 2. The van der Waals surface area contributed by atoms with Gasteiger partial charge in [-0.25, -0.2) is 0 Å². The number of hydrogen-bond acceptors (Lipinski definition) is 4. The van der Waals surface area contributed by atoms with Gasteiger partial charge in [-0.1, -0.05) is 45.0 Å². The molecule has 2 amide bonds. The average molecular weight is 427 g/mol. The predicted molar refractivity (Wildman–Crippen MR) is 122 cm³/mol. The van der Waals surface area contributed by atoms with Crippen molar-refractivity contribution in [3.8, 4) is 11.5 Å². The molecular formula is C25H34N2O4. The summed E-state index contributed by atoms with van der Waals surface area (Å²) >= 11 is 0. The van der Waals surface area contributed by atoms with Crippen LogP contribution in [0.1, 0.15) is 38.3 Å². The van der Waals surface area contributed by atoms with Crippen LogP contribution in [-0.4, -0.2) is 43.0 Å². The first-order valence-electron chi connectivity index (χ1n) is 10.7. The first-order valence-corrected chi connectivity index (χ1v) is 10.7. The molecule has 2 aromatic carbocycles. The molecule has 1 atom stereocenters. The Balaban J connectivity index is 2.21. The largest absolute Gasteiger partial charge is 0.497 e. The van der Waals surface area contributed by atoms with Gasteiger partial charge in [0, 0.05) is 13.1 Å². The number of benzene rings is 2. The van der Waals surface area contributed by atoms with Gasteiger partial charge in [0.2, 0.25) is 5.91 Å². The topological polar surface area (TPSA) is 67.9 Å². The van der Waals surface area contributed by atoms with Crippen LogP contribution in [0, 0.1) is 12.8 Å². The molecule has 0 spiro atoms. The summed E-state index contributed by atoms with van der Waals surface area (Å²) in [7, 11) is 1.60. The van der Waals surface area contributed by atoms with Crippen molar-refractivity contribution in [1.82, 2.24) is 10.2 Å². The van der Waals surface area contributed by atoms with Gasteiger partial charge in [-0.2, -0.15) is 0 Å². The van der Waals surface area contributed by atoms with Crippen molar-refractivity contribution in [2.75, 3.05) is 20.3 Å². The number of carbonyl (C=O) groups excluding carboxylic acids is 2. The minimum Gasteiger partial charge on any atom is -0.497 e. The number of amides is 2. The maximum absolute atomic E-state index is 13.2. The third-order valence-corrected chi connectivity index (χ3v) is 4.91. The first kappa shape index (κ1) is 24.3. The van der Waals surface area contributed by atoms with E-state index < -0.39 is 6.04 Å². The third-order valence-electron chi connectivity index (χ3n) is 4.91. The fourth-order valence-electron chi connectivity index (χ4n) is 3.24. The molecule has 6 heteroatoms. The minimum atomic E-state index is -0.585. The Bertz CT molecular complexity index is 866. The molecule has 1 unspecified atom stereocenters. The molecule has 6 nitrogen and oxygen atoms in total. The van der Waals surface area contributed by atoms with Gasteiger partial charge in [-0.15, -0.1) is 0 Å². The van der Waals surface area contributed by atoms with Crippen LogP contribution in [-0.2, 0) is 16.1 Å². The van der Waals surface area contributed by atoms with E-state index in [0.717, 1.165) is 11.1 Å². The molecule has 0 heterocycles. The summed E-state index contributed by atoms with van der Waals surface area (Å²) in [5.74, 6) is 1.28. The molecule has 0 aliphatic heterocycles. The average Bonchev–Trinajstić information content (AvgIpc) is 2.76. The van der Waals surface area contributed by atoms with Gasteiger partial charge in [0.15, 0.2) is 6.61 Å². The lowest BCUT2D eigenvalue weighted by atomic mass is 10.1. The second-order valence-electron chi connectivity index (χ2n) is 8.04. The van der Waals surface area contributed by atoms with Crippen LogP contribution in [0.5, 0.6) is 11.5 Å². The molecule has 2 aromatic rings. The zero-order valence-corrected chi connectivity index (χ0v) is 19.2. The van der Waals surface area contributed by atoms with E-state index in [1.165, 1.54) is 0 Å². The van der Waals surface area contributed by atoms with Crippen LogP contribution >= 0.6 is 0 Å². The Morgan fingerprint density at radius 3 is 2.42 bits per heavy atom. The van der Waals surface area contributed by atoms with Gasteiger partial charge < -0.3 is 19.7 Å². The highest BCUT2D eigenvalue weighted by Crippen LogP contribution is 2.18. The summed E-state index contributed by atoms with van der Waals surface area (Å²) < 4.78 is 11.0. The molecule has 0 fully saturated rings. The number of nitrogens with zero attached hydrogens (tertiary/aromatic N) is 1. The van der Waals surface area contributed by atoms with Gasteiger partial charge in [-0.3, -0.25) is 9.59 Å². The number of carbonyl (C=O) groups is 2. The molecule has 0 aliphatic carbocycles. The summed E-state index contributed by atoms with van der Waals surface area (Å²) in [4.78, 5) is 27.7. The SMILES string of the molecule is CCC(C(=O)NCC(C)C)N(Cc1cccc(OC)c1)C(=O)COc1cccc(C)c1. The zero-order chi connectivity index (χ0) is 22.8. The van der Waals surface area contributed by atoms with E-state index in [4.69, 9.17) is 9.47 Å². The normalized spacial score (nSPS) is 11.7. The number of hydrogen-bond donors (Lipinski definition) is 1. The predicted octanol–water partition coefficient (Wildman–Crippen LogP) is 3.96. The van der Waals surface area contributed by atoms with Gasteiger partial charge in [0.25, 0.3) is 5.91 Å². The Morgan fingerprint density at radius 1 is 1.06 bits per heavy atom. The van der Waals surface area contributed by atoms with E-state index in [0.29, 0.717) is 36.9 Å². The van der Waals surface area contributed by atoms with Crippen LogP contribution in [0.25, 0.3) is 0 Å². The number of rotatable bonds is 11. The van der Waals surface area contributed by atoms with Crippen molar-refractivity contribution in [3.05, 3.63) is 59.7 Å². The van der Waals surface area contributed by atoms with E-state index in [2.05, 4.69) is 5.32 Å². The smallest absolute Gasteiger partial charge is 0.261 e. The molecule has 2 rings (SSSR count). The van der Waals surface area contributed by atoms with Crippen LogP contribution in [0.4, 0.5) is 0 Å². The standard InChI is InChI=1S/C25H34N2O4/c1-6-23(25(29)26-15-18(2)3)27(16-20-10-8-11-21(14-20)30-5)24(28)17-31-22-12-7-9-19(4)13-22/h7-14,18,23H,6,15-17H2,1-5H3,(H,26,29). The highest BCUT2D eigenvalue weighted by atomic mass is 16.5. The van der Waals surface area contributed by atoms with Crippen molar-refractivity contribution < 1.29 is 19.1 Å². The molecule has 1 N–H and O–H groups in total. The quantitative estimate of drug-likeness (QED) is 0.591. The molecule has 0 saturated carbocycles. The molecule has 31 heavy (non-hydrogen) atoms. The number of nitrogens with one attached hydrogen (secondary N) is 1. The Labute approximate surface area is 185 Å².